The molecular formula is C7H11ClO4-2. The summed E-state index contributed by atoms with van der Waals surface area (Å²) in [6.45, 7) is 7.00. The Morgan fingerprint density at radius 2 is 1.08 bits per heavy atom. The predicted octanol–water partition coefficient (Wildman–Crippen LogP) is -0.729. The Kier molecular flexibility index (Phi) is 18.1. The van der Waals surface area contributed by atoms with Gasteiger partial charge in [-0.05, 0) is 20.8 Å². The van der Waals surface area contributed by atoms with Gasteiger partial charge in [-0.2, -0.15) is 0 Å². The monoisotopic (exact) mass is 194 g/mol. The first-order chi connectivity index (χ1) is 5.20. The molecule has 12 heavy (non-hydrogen) atoms. The van der Waals surface area contributed by atoms with Crippen molar-refractivity contribution >= 4 is 23.5 Å². The molecular weight excluding hydrogens is 184 g/mol. The Labute approximate surface area is 76.5 Å². The quantitative estimate of drug-likeness (QED) is 0.509. The van der Waals surface area contributed by atoms with E-state index in [1.54, 1.807) is 6.92 Å². The summed E-state index contributed by atoms with van der Waals surface area (Å²) < 4.78 is 0. The van der Waals surface area contributed by atoms with E-state index in [0.29, 0.717) is 5.03 Å². The van der Waals surface area contributed by atoms with Crippen LogP contribution in [0.4, 0.5) is 0 Å². The fraction of sp³-hybridized carbons (Fsp3) is 0.429. The van der Waals surface area contributed by atoms with E-state index in [4.69, 9.17) is 31.4 Å². The highest BCUT2D eigenvalue weighted by atomic mass is 35.5. The van der Waals surface area contributed by atoms with E-state index in [0.717, 1.165) is 13.8 Å². The van der Waals surface area contributed by atoms with Crippen LogP contribution >= 0.6 is 11.6 Å². The third kappa shape index (κ3) is 537. The molecule has 0 aromatic rings. The lowest BCUT2D eigenvalue weighted by atomic mass is 10.8. The van der Waals surface area contributed by atoms with Crippen molar-refractivity contribution in [2.75, 3.05) is 0 Å². The Bertz CT molecular complexity index is 113. The Morgan fingerprint density at radius 3 is 1.08 bits per heavy atom. The highest BCUT2D eigenvalue weighted by Crippen LogP contribution is 1.87. The maximum absolute atomic E-state index is 8.89. The smallest absolute Gasteiger partial charge is 0.0383 e. The molecule has 0 aliphatic carbocycles. The van der Waals surface area contributed by atoms with Crippen molar-refractivity contribution in [2.24, 2.45) is 0 Å². The van der Waals surface area contributed by atoms with Crippen molar-refractivity contribution in [3.05, 3.63) is 11.6 Å². The van der Waals surface area contributed by atoms with Crippen molar-refractivity contribution in [3.8, 4) is 0 Å². The molecule has 0 fully saturated rings. The van der Waals surface area contributed by atoms with Gasteiger partial charge in [-0.15, -0.1) is 0 Å². The van der Waals surface area contributed by atoms with Gasteiger partial charge in [0, 0.05) is 17.0 Å². The van der Waals surface area contributed by atoms with Gasteiger partial charge < -0.3 is 19.8 Å². The summed E-state index contributed by atoms with van der Waals surface area (Å²) in [6, 6.07) is 0. The van der Waals surface area contributed by atoms with Crippen molar-refractivity contribution in [1.82, 2.24) is 0 Å². The van der Waals surface area contributed by atoms with Crippen LogP contribution in [-0.4, -0.2) is 11.9 Å². The number of hydrogen-bond donors (Lipinski definition) is 0. The average Bonchev–Trinajstić information content (AvgIpc) is 1.54. The minimum absolute atomic E-state index is 0.639. The highest BCUT2D eigenvalue weighted by Gasteiger charge is 1.55. The summed E-state index contributed by atoms with van der Waals surface area (Å²) in [5.74, 6) is -2.17. The molecule has 72 valence electrons. The molecule has 0 saturated carbocycles. The standard InChI is InChI=1S/C3H5Cl.2C2H4O2/c1-3(2)4;2*1-2(3)4/h1H2,2H3;2*1H3,(H,3,4)/p-2. The molecule has 0 unspecified atom stereocenters. The predicted molar refractivity (Wildman–Crippen MR) is 42.0 cm³/mol. The van der Waals surface area contributed by atoms with Gasteiger partial charge in [0.05, 0.1) is 0 Å². The SMILES string of the molecule is C=C(C)Cl.CC(=O)[O-].CC(=O)[O-]. The lowest BCUT2D eigenvalue weighted by molar-refractivity contribution is -0.303. The van der Waals surface area contributed by atoms with E-state index in [-0.39, 0.29) is 0 Å². The number of allylic oxidation sites excluding steroid dienone is 1. The van der Waals surface area contributed by atoms with Crippen LogP contribution in [0.25, 0.3) is 0 Å². The Hall–Kier alpha value is -1.03. The summed E-state index contributed by atoms with van der Waals surface area (Å²) >= 11 is 5.08. The molecule has 0 saturated heterocycles. The molecule has 0 aromatic heterocycles. The molecule has 0 heterocycles. The number of carbonyl (C=O) groups is 2. The molecule has 0 bridgehead atoms. The lowest BCUT2D eigenvalue weighted by Crippen LogP contribution is -2.16. The zero-order chi connectivity index (χ0) is 10.7. The molecule has 0 aliphatic rings. The van der Waals surface area contributed by atoms with Gasteiger partial charge in [0.2, 0.25) is 0 Å². The molecule has 0 amide bonds. The van der Waals surface area contributed by atoms with Gasteiger partial charge in [-0.3, -0.25) is 0 Å². The first-order valence-electron chi connectivity index (χ1n) is 2.86. The van der Waals surface area contributed by atoms with E-state index in [9.17, 15) is 0 Å². The van der Waals surface area contributed by atoms with Crippen LogP contribution in [-0.2, 0) is 9.59 Å². The van der Waals surface area contributed by atoms with Gasteiger partial charge in [-0.25, -0.2) is 0 Å². The van der Waals surface area contributed by atoms with Crippen LogP contribution < -0.4 is 10.2 Å². The van der Waals surface area contributed by atoms with Crippen LogP contribution in [0.1, 0.15) is 20.8 Å². The van der Waals surface area contributed by atoms with Gasteiger partial charge in [0.15, 0.2) is 0 Å². The second kappa shape index (κ2) is 12.6. The third-order valence-electron chi connectivity index (χ3n) is 0. The molecule has 0 aromatic carbocycles. The average molecular weight is 195 g/mol. The number of halogens is 1. The number of carboxylic acids is 2. The van der Waals surface area contributed by atoms with E-state index in [1.807, 2.05) is 0 Å². The molecule has 0 rings (SSSR count). The van der Waals surface area contributed by atoms with Crippen LogP contribution in [0.2, 0.25) is 0 Å². The molecule has 0 radical (unpaired) electrons. The maximum atomic E-state index is 8.89. The van der Waals surface area contributed by atoms with Gasteiger partial charge in [0.1, 0.15) is 0 Å². The van der Waals surface area contributed by atoms with Gasteiger partial charge in [-0.1, -0.05) is 18.2 Å². The molecule has 0 N–H and O–H groups in total. The second-order valence-corrected chi connectivity index (χ2v) is 2.30. The number of hydrogen-bond acceptors (Lipinski definition) is 4. The Balaban J connectivity index is -0.000000101. The fourth-order valence-electron chi connectivity index (χ4n) is 0. The second-order valence-electron chi connectivity index (χ2n) is 1.66. The summed E-state index contributed by atoms with van der Waals surface area (Å²) in [6.07, 6.45) is 0. The van der Waals surface area contributed by atoms with Crippen LogP contribution in [0.15, 0.2) is 11.6 Å². The van der Waals surface area contributed by atoms with E-state index in [2.05, 4.69) is 6.58 Å². The largest absolute Gasteiger partial charge is 0.550 e. The van der Waals surface area contributed by atoms with Crippen LogP contribution in [0.3, 0.4) is 0 Å². The third-order valence-corrected chi connectivity index (χ3v) is 0. The molecule has 0 aliphatic heterocycles. The number of aliphatic carboxylic acids is 2. The van der Waals surface area contributed by atoms with E-state index >= 15 is 0 Å². The van der Waals surface area contributed by atoms with Crippen molar-refractivity contribution in [2.45, 2.75) is 20.8 Å². The topological polar surface area (TPSA) is 80.3 Å². The fourth-order valence-corrected chi connectivity index (χ4v) is 0. The molecule has 4 nitrogen and oxygen atoms in total. The minimum Gasteiger partial charge on any atom is -0.550 e. The summed E-state index contributed by atoms with van der Waals surface area (Å²) in [7, 11) is 0. The number of carbonyl (C=O) groups excluding carboxylic acids is 2. The first kappa shape index (κ1) is 17.2. The zero-order valence-electron chi connectivity index (χ0n) is 7.22. The van der Waals surface area contributed by atoms with Gasteiger partial charge in [0.25, 0.3) is 0 Å². The summed E-state index contributed by atoms with van der Waals surface area (Å²) in [5.41, 5.74) is 0. The van der Waals surface area contributed by atoms with Gasteiger partial charge >= 0.3 is 0 Å². The maximum Gasteiger partial charge on any atom is 0.0383 e. The number of carboxylic acid groups (broad SMARTS) is 2. The van der Waals surface area contributed by atoms with E-state index < -0.39 is 11.9 Å². The number of rotatable bonds is 0. The minimum atomic E-state index is -1.08. The van der Waals surface area contributed by atoms with Crippen LogP contribution in [0.5, 0.6) is 0 Å². The van der Waals surface area contributed by atoms with Crippen LogP contribution in [0, 0.1) is 0 Å². The molecule has 0 spiro atoms. The Morgan fingerprint density at radius 1 is 1.08 bits per heavy atom. The zero-order valence-corrected chi connectivity index (χ0v) is 7.97. The summed E-state index contributed by atoms with van der Waals surface area (Å²) in [4.78, 5) is 17.8. The molecule has 5 heteroatoms. The van der Waals surface area contributed by atoms with E-state index in [1.165, 1.54) is 0 Å². The summed E-state index contributed by atoms with van der Waals surface area (Å²) in [5, 5.41) is 18.4. The normalized spacial score (nSPS) is 6.33. The highest BCUT2D eigenvalue weighted by molar-refractivity contribution is 6.28. The van der Waals surface area contributed by atoms with Crippen molar-refractivity contribution in [3.63, 3.8) is 0 Å². The van der Waals surface area contributed by atoms with Crippen molar-refractivity contribution < 1.29 is 19.8 Å². The lowest BCUT2D eigenvalue weighted by Gasteiger charge is -1.77. The molecule has 0 atom stereocenters. The first-order valence-corrected chi connectivity index (χ1v) is 3.24. The van der Waals surface area contributed by atoms with Crippen molar-refractivity contribution in [1.29, 1.82) is 0 Å².